The SMILES string of the molecule is CC(C)NCc1csc(N2CCCCC2)n1. The van der Waals surface area contributed by atoms with Gasteiger partial charge in [-0.1, -0.05) is 13.8 Å². The molecule has 0 bridgehead atoms. The Balaban J connectivity index is 1.90. The van der Waals surface area contributed by atoms with Crippen molar-refractivity contribution in [3.8, 4) is 0 Å². The van der Waals surface area contributed by atoms with E-state index < -0.39 is 0 Å². The lowest BCUT2D eigenvalue weighted by Gasteiger charge is -2.25. The summed E-state index contributed by atoms with van der Waals surface area (Å²) in [5, 5.41) is 6.79. The number of aromatic nitrogens is 1. The summed E-state index contributed by atoms with van der Waals surface area (Å²) in [4.78, 5) is 7.11. The molecule has 1 aromatic heterocycles. The second kappa shape index (κ2) is 5.64. The third-order valence-electron chi connectivity index (χ3n) is 2.86. The number of piperidine rings is 1. The van der Waals surface area contributed by atoms with Crippen molar-refractivity contribution < 1.29 is 0 Å². The molecule has 0 radical (unpaired) electrons. The predicted octanol–water partition coefficient (Wildman–Crippen LogP) is 2.63. The molecule has 0 amide bonds. The zero-order chi connectivity index (χ0) is 11.4. The van der Waals surface area contributed by atoms with Crippen LogP contribution in [0.5, 0.6) is 0 Å². The average molecular weight is 239 g/mol. The van der Waals surface area contributed by atoms with Crippen LogP contribution in [0.4, 0.5) is 5.13 Å². The third-order valence-corrected chi connectivity index (χ3v) is 3.81. The first kappa shape index (κ1) is 11.9. The van der Waals surface area contributed by atoms with E-state index in [2.05, 4.69) is 34.4 Å². The van der Waals surface area contributed by atoms with E-state index in [1.54, 1.807) is 11.3 Å². The molecule has 0 aromatic carbocycles. The highest BCUT2D eigenvalue weighted by molar-refractivity contribution is 7.13. The molecule has 90 valence electrons. The van der Waals surface area contributed by atoms with Crippen molar-refractivity contribution in [1.82, 2.24) is 10.3 Å². The van der Waals surface area contributed by atoms with E-state index >= 15 is 0 Å². The average Bonchev–Trinajstić information content (AvgIpc) is 2.76. The van der Waals surface area contributed by atoms with Gasteiger partial charge in [0, 0.05) is 31.1 Å². The van der Waals surface area contributed by atoms with Crippen molar-refractivity contribution in [3.05, 3.63) is 11.1 Å². The Labute approximate surface area is 102 Å². The van der Waals surface area contributed by atoms with Crippen LogP contribution in [0.1, 0.15) is 38.8 Å². The first-order valence-corrected chi connectivity index (χ1v) is 7.06. The summed E-state index contributed by atoms with van der Waals surface area (Å²) >= 11 is 1.78. The second-order valence-corrected chi connectivity index (χ2v) is 5.54. The zero-order valence-electron chi connectivity index (χ0n) is 10.2. The minimum atomic E-state index is 0.528. The predicted molar refractivity (Wildman–Crippen MR) is 70.2 cm³/mol. The smallest absolute Gasteiger partial charge is 0.185 e. The summed E-state index contributed by atoms with van der Waals surface area (Å²) in [7, 11) is 0. The van der Waals surface area contributed by atoms with Crippen molar-refractivity contribution in [2.75, 3.05) is 18.0 Å². The van der Waals surface area contributed by atoms with Gasteiger partial charge in [-0.25, -0.2) is 4.98 Å². The van der Waals surface area contributed by atoms with E-state index in [1.165, 1.54) is 43.2 Å². The molecule has 0 saturated carbocycles. The molecule has 1 N–H and O–H groups in total. The maximum atomic E-state index is 4.69. The Morgan fingerprint density at radius 1 is 1.38 bits per heavy atom. The molecule has 1 aliphatic heterocycles. The van der Waals surface area contributed by atoms with Gasteiger partial charge in [0.15, 0.2) is 5.13 Å². The minimum absolute atomic E-state index is 0.528. The van der Waals surface area contributed by atoms with Crippen molar-refractivity contribution in [3.63, 3.8) is 0 Å². The number of rotatable bonds is 4. The number of nitrogens with zero attached hydrogens (tertiary/aromatic N) is 2. The highest BCUT2D eigenvalue weighted by Gasteiger charge is 2.14. The van der Waals surface area contributed by atoms with E-state index in [1.807, 2.05) is 0 Å². The molecular formula is C12H21N3S. The van der Waals surface area contributed by atoms with Crippen LogP contribution >= 0.6 is 11.3 Å². The molecule has 1 fully saturated rings. The number of thiazole rings is 1. The van der Waals surface area contributed by atoms with Crippen LogP contribution in [0.2, 0.25) is 0 Å². The first-order valence-electron chi connectivity index (χ1n) is 6.18. The van der Waals surface area contributed by atoms with Gasteiger partial charge in [-0.15, -0.1) is 11.3 Å². The molecule has 0 atom stereocenters. The van der Waals surface area contributed by atoms with Gasteiger partial charge in [0.1, 0.15) is 0 Å². The van der Waals surface area contributed by atoms with Crippen molar-refractivity contribution >= 4 is 16.5 Å². The highest BCUT2D eigenvalue weighted by Crippen LogP contribution is 2.23. The topological polar surface area (TPSA) is 28.2 Å². The van der Waals surface area contributed by atoms with E-state index in [9.17, 15) is 0 Å². The molecule has 1 aromatic rings. The first-order chi connectivity index (χ1) is 7.75. The van der Waals surface area contributed by atoms with Gasteiger partial charge in [-0.05, 0) is 19.3 Å². The molecular weight excluding hydrogens is 218 g/mol. The van der Waals surface area contributed by atoms with Crippen molar-refractivity contribution in [1.29, 1.82) is 0 Å². The molecule has 2 rings (SSSR count). The molecule has 3 nitrogen and oxygen atoms in total. The maximum absolute atomic E-state index is 4.69. The standard InChI is InChI=1S/C12H21N3S/c1-10(2)13-8-11-9-16-12(14-11)15-6-4-3-5-7-15/h9-10,13H,3-8H2,1-2H3. The van der Waals surface area contributed by atoms with E-state index in [0.717, 1.165) is 6.54 Å². The summed E-state index contributed by atoms with van der Waals surface area (Å²) in [5.41, 5.74) is 1.18. The fraction of sp³-hybridized carbons (Fsp3) is 0.750. The fourth-order valence-electron chi connectivity index (χ4n) is 1.92. The molecule has 2 heterocycles. The van der Waals surface area contributed by atoms with Gasteiger partial charge in [0.2, 0.25) is 0 Å². The third kappa shape index (κ3) is 3.19. The van der Waals surface area contributed by atoms with E-state index in [4.69, 9.17) is 0 Å². The number of hydrogen-bond acceptors (Lipinski definition) is 4. The molecule has 0 spiro atoms. The van der Waals surface area contributed by atoms with Gasteiger partial charge in [0.05, 0.1) is 5.69 Å². The van der Waals surface area contributed by atoms with Crippen LogP contribution in [0.15, 0.2) is 5.38 Å². The Morgan fingerprint density at radius 3 is 2.81 bits per heavy atom. The second-order valence-electron chi connectivity index (χ2n) is 4.70. The summed E-state index contributed by atoms with van der Waals surface area (Å²) in [6, 6.07) is 0.528. The Hall–Kier alpha value is -0.610. The molecule has 0 aliphatic carbocycles. The lowest BCUT2D eigenvalue weighted by Crippen LogP contribution is -2.29. The highest BCUT2D eigenvalue weighted by atomic mass is 32.1. The monoisotopic (exact) mass is 239 g/mol. The summed E-state index contributed by atoms with van der Waals surface area (Å²) < 4.78 is 0. The Morgan fingerprint density at radius 2 is 2.12 bits per heavy atom. The van der Waals surface area contributed by atoms with Crippen LogP contribution in [-0.4, -0.2) is 24.1 Å². The van der Waals surface area contributed by atoms with Gasteiger partial charge in [0.25, 0.3) is 0 Å². The molecule has 0 unspecified atom stereocenters. The molecule has 4 heteroatoms. The number of anilines is 1. The Bertz CT molecular complexity index is 316. The fourth-order valence-corrected chi connectivity index (χ4v) is 2.80. The van der Waals surface area contributed by atoms with Crippen LogP contribution in [0.3, 0.4) is 0 Å². The zero-order valence-corrected chi connectivity index (χ0v) is 11.0. The number of hydrogen-bond donors (Lipinski definition) is 1. The molecule has 16 heavy (non-hydrogen) atoms. The Kier molecular flexibility index (Phi) is 4.18. The summed E-state index contributed by atoms with van der Waals surface area (Å²) in [6.45, 7) is 7.59. The van der Waals surface area contributed by atoms with Gasteiger partial charge >= 0.3 is 0 Å². The van der Waals surface area contributed by atoms with Crippen LogP contribution in [0.25, 0.3) is 0 Å². The van der Waals surface area contributed by atoms with E-state index in [-0.39, 0.29) is 0 Å². The van der Waals surface area contributed by atoms with Gasteiger partial charge in [-0.3, -0.25) is 0 Å². The van der Waals surface area contributed by atoms with Crippen molar-refractivity contribution in [2.24, 2.45) is 0 Å². The minimum Gasteiger partial charge on any atom is -0.348 e. The summed E-state index contributed by atoms with van der Waals surface area (Å²) in [5.74, 6) is 0. The van der Waals surface area contributed by atoms with Crippen LogP contribution < -0.4 is 10.2 Å². The lowest BCUT2D eigenvalue weighted by molar-refractivity contribution is 0.570. The maximum Gasteiger partial charge on any atom is 0.185 e. The lowest BCUT2D eigenvalue weighted by atomic mass is 10.1. The molecule has 1 aliphatic rings. The van der Waals surface area contributed by atoms with E-state index in [0.29, 0.717) is 6.04 Å². The quantitative estimate of drug-likeness (QED) is 0.875. The number of nitrogens with one attached hydrogen (secondary N) is 1. The van der Waals surface area contributed by atoms with Gasteiger partial charge < -0.3 is 10.2 Å². The van der Waals surface area contributed by atoms with Gasteiger partial charge in [-0.2, -0.15) is 0 Å². The molecule has 1 saturated heterocycles. The van der Waals surface area contributed by atoms with Crippen LogP contribution in [-0.2, 0) is 6.54 Å². The van der Waals surface area contributed by atoms with Crippen LogP contribution in [0, 0.1) is 0 Å². The summed E-state index contributed by atoms with van der Waals surface area (Å²) in [6.07, 6.45) is 4.02. The normalized spacial score (nSPS) is 17.1. The largest absolute Gasteiger partial charge is 0.348 e. The van der Waals surface area contributed by atoms with Crippen molar-refractivity contribution in [2.45, 2.75) is 45.7 Å².